The lowest BCUT2D eigenvalue weighted by Crippen LogP contribution is -2.49. The van der Waals surface area contributed by atoms with Gasteiger partial charge in [0.25, 0.3) is 5.91 Å². The van der Waals surface area contributed by atoms with Crippen LogP contribution in [0.25, 0.3) is 0 Å². The van der Waals surface area contributed by atoms with E-state index in [1.807, 2.05) is 0 Å². The van der Waals surface area contributed by atoms with Crippen LogP contribution in [0.2, 0.25) is 0 Å². The van der Waals surface area contributed by atoms with Crippen molar-refractivity contribution < 1.29 is 27.5 Å². The Kier molecular flexibility index (Phi) is 6.42. The number of fused-ring (bicyclic) bond motifs is 1. The lowest BCUT2D eigenvalue weighted by molar-refractivity contribution is -0.128. The number of sulfonamides is 1. The van der Waals surface area contributed by atoms with Crippen molar-refractivity contribution in [1.29, 1.82) is 0 Å². The van der Waals surface area contributed by atoms with Crippen molar-refractivity contribution in [3.63, 3.8) is 0 Å². The quantitative estimate of drug-likeness (QED) is 0.611. The zero-order valence-electron chi connectivity index (χ0n) is 17.1. The van der Waals surface area contributed by atoms with E-state index in [2.05, 4.69) is 5.32 Å². The Hall–Kier alpha value is -3.24. The van der Waals surface area contributed by atoms with Crippen LogP contribution in [0.4, 0.5) is 5.69 Å². The Balaban J connectivity index is 1.64. The van der Waals surface area contributed by atoms with E-state index in [0.717, 1.165) is 5.56 Å². The second kappa shape index (κ2) is 8.86. The number of benzene rings is 2. The summed E-state index contributed by atoms with van der Waals surface area (Å²) in [6.07, 6.45) is -0.282. The number of carbonyl (C=O) groups excluding carboxylic acids is 3. The third kappa shape index (κ3) is 5.28. The summed E-state index contributed by atoms with van der Waals surface area (Å²) in [6.45, 7) is 3.09. The minimum atomic E-state index is -3.75. The summed E-state index contributed by atoms with van der Waals surface area (Å²) in [5.41, 5.74) is 1.61. The van der Waals surface area contributed by atoms with Gasteiger partial charge in [-0.25, -0.2) is 13.6 Å². The van der Waals surface area contributed by atoms with Crippen molar-refractivity contribution in [3.05, 3.63) is 53.6 Å². The summed E-state index contributed by atoms with van der Waals surface area (Å²) in [7, 11) is -3.75. The van der Waals surface area contributed by atoms with Gasteiger partial charge in [0.15, 0.2) is 11.9 Å². The van der Waals surface area contributed by atoms with Gasteiger partial charge in [0.1, 0.15) is 12.3 Å². The number of hydrogen-bond donors (Lipinski definition) is 2. The summed E-state index contributed by atoms with van der Waals surface area (Å²) in [5, 5.41) is 7.82. The van der Waals surface area contributed by atoms with Crippen LogP contribution in [0, 0.1) is 0 Å². The summed E-state index contributed by atoms with van der Waals surface area (Å²) in [4.78, 5) is 38.1. The zero-order chi connectivity index (χ0) is 22.8. The number of nitrogens with one attached hydrogen (secondary N) is 1. The maximum Gasteiger partial charge on any atom is 0.268 e. The number of Topliss-reactive ketones (excluding diaryl/α,β-unsaturated/α-hetero) is 1. The number of primary sulfonamides is 1. The molecule has 0 radical (unpaired) electrons. The highest BCUT2D eigenvalue weighted by Crippen LogP contribution is 2.34. The normalized spacial score (nSPS) is 15.8. The molecule has 0 aliphatic carbocycles. The molecule has 0 saturated heterocycles. The highest BCUT2D eigenvalue weighted by atomic mass is 32.2. The first-order valence-corrected chi connectivity index (χ1v) is 11.1. The second-order valence-electron chi connectivity index (χ2n) is 7.21. The van der Waals surface area contributed by atoms with E-state index < -0.39 is 16.1 Å². The summed E-state index contributed by atoms with van der Waals surface area (Å²) >= 11 is 0. The van der Waals surface area contributed by atoms with Crippen LogP contribution in [0.1, 0.15) is 29.8 Å². The molecule has 9 nitrogen and oxygen atoms in total. The smallest absolute Gasteiger partial charge is 0.268 e. The molecular formula is C21H23N3O6S. The molecule has 0 fully saturated rings. The number of carbonyl (C=O) groups is 3. The molecule has 1 aliphatic rings. The highest BCUT2D eigenvalue weighted by Gasteiger charge is 2.33. The van der Waals surface area contributed by atoms with Crippen LogP contribution in [0.3, 0.4) is 0 Å². The fourth-order valence-corrected chi connectivity index (χ4v) is 3.70. The molecule has 2 aromatic rings. The minimum absolute atomic E-state index is 0.0174. The topological polar surface area (TPSA) is 136 Å². The number of ether oxygens (including phenoxy) is 1. The van der Waals surface area contributed by atoms with Crippen LogP contribution < -0.4 is 20.1 Å². The first-order valence-electron chi connectivity index (χ1n) is 9.57. The van der Waals surface area contributed by atoms with E-state index in [9.17, 15) is 22.8 Å². The van der Waals surface area contributed by atoms with Gasteiger partial charge >= 0.3 is 0 Å². The predicted octanol–water partition coefficient (Wildman–Crippen LogP) is 1.01. The Morgan fingerprint density at radius 1 is 1.16 bits per heavy atom. The highest BCUT2D eigenvalue weighted by molar-refractivity contribution is 7.89. The first-order chi connectivity index (χ1) is 14.6. The maximum atomic E-state index is 12.6. The molecule has 31 heavy (non-hydrogen) atoms. The molecule has 0 spiro atoms. The lowest BCUT2D eigenvalue weighted by Gasteiger charge is -2.32. The average molecular weight is 445 g/mol. The van der Waals surface area contributed by atoms with Crippen LogP contribution in [-0.2, 0) is 26.0 Å². The summed E-state index contributed by atoms with van der Waals surface area (Å²) in [6, 6.07) is 10.8. The molecule has 0 saturated carbocycles. The van der Waals surface area contributed by atoms with Gasteiger partial charge < -0.3 is 10.1 Å². The third-order valence-electron chi connectivity index (χ3n) is 4.86. The zero-order valence-corrected chi connectivity index (χ0v) is 17.9. The van der Waals surface area contributed by atoms with Crippen molar-refractivity contribution in [3.8, 4) is 5.75 Å². The molecule has 1 unspecified atom stereocenters. The fourth-order valence-electron chi connectivity index (χ4n) is 3.18. The molecule has 2 aromatic carbocycles. The number of ketones is 1. The number of nitrogens with zero attached hydrogens (tertiary/aromatic N) is 1. The van der Waals surface area contributed by atoms with Crippen molar-refractivity contribution in [2.24, 2.45) is 5.14 Å². The molecule has 0 bridgehead atoms. The van der Waals surface area contributed by atoms with Gasteiger partial charge in [-0.15, -0.1) is 0 Å². The van der Waals surface area contributed by atoms with E-state index in [1.165, 1.54) is 24.0 Å². The molecule has 10 heteroatoms. The van der Waals surface area contributed by atoms with E-state index >= 15 is 0 Å². The third-order valence-corrected chi connectivity index (χ3v) is 5.79. The maximum absolute atomic E-state index is 12.6. The van der Waals surface area contributed by atoms with E-state index in [1.54, 1.807) is 37.3 Å². The van der Waals surface area contributed by atoms with Gasteiger partial charge in [0, 0.05) is 12.1 Å². The van der Waals surface area contributed by atoms with E-state index in [-0.39, 0.29) is 29.0 Å². The van der Waals surface area contributed by atoms with Crippen LogP contribution >= 0.6 is 0 Å². The fraction of sp³-hybridized carbons (Fsp3) is 0.286. The van der Waals surface area contributed by atoms with Gasteiger partial charge in [-0.05, 0) is 56.2 Å². The van der Waals surface area contributed by atoms with Crippen LogP contribution in [0.5, 0.6) is 5.75 Å². The Morgan fingerprint density at radius 2 is 1.84 bits per heavy atom. The summed E-state index contributed by atoms with van der Waals surface area (Å²) in [5.74, 6) is -0.476. The number of amides is 2. The standard InChI is InChI=1S/C21H23N3O6S/c1-13(25)16-5-8-19-18(11-16)24(21(27)14(2)30-19)12-20(26)23-10-9-15-3-6-17(7-4-15)31(22,28)29/h3-8,11,14H,9-10,12H2,1-2H3,(H,23,26)(H2,22,28,29). The van der Waals surface area contributed by atoms with E-state index in [0.29, 0.717) is 30.0 Å². The lowest BCUT2D eigenvalue weighted by atomic mass is 10.1. The molecule has 3 N–H and O–H groups in total. The predicted molar refractivity (Wildman–Crippen MR) is 113 cm³/mol. The number of nitrogens with two attached hydrogens (primary N) is 1. The number of hydrogen-bond acceptors (Lipinski definition) is 6. The molecule has 1 atom stereocenters. The molecular weight excluding hydrogens is 422 g/mol. The second-order valence-corrected chi connectivity index (χ2v) is 8.77. The van der Waals surface area contributed by atoms with Crippen molar-refractivity contribution in [2.75, 3.05) is 18.0 Å². The van der Waals surface area contributed by atoms with Gasteiger partial charge in [0.2, 0.25) is 15.9 Å². The molecule has 1 aliphatic heterocycles. The van der Waals surface area contributed by atoms with Gasteiger partial charge in [-0.2, -0.15) is 0 Å². The van der Waals surface area contributed by atoms with Crippen molar-refractivity contribution in [1.82, 2.24) is 5.32 Å². The molecule has 2 amide bonds. The molecule has 3 rings (SSSR count). The Bertz CT molecular complexity index is 1130. The molecule has 1 heterocycles. The van der Waals surface area contributed by atoms with Crippen molar-refractivity contribution >= 4 is 33.3 Å². The Morgan fingerprint density at radius 3 is 2.45 bits per heavy atom. The summed E-state index contributed by atoms with van der Waals surface area (Å²) < 4.78 is 28.2. The minimum Gasteiger partial charge on any atom is -0.479 e. The van der Waals surface area contributed by atoms with Gasteiger partial charge in [0.05, 0.1) is 10.6 Å². The van der Waals surface area contributed by atoms with Crippen LogP contribution in [-0.4, -0.2) is 45.2 Å². The largest absolute Gasteiger partial charge is 0.479 e. The monoisotopic (exact) mass is 445 g/mol. The Labute approximate surface area is 180 Å². The van der Waals surface area contributed by atoms with Crippen LogP contribution in [0.15, 0.2) is 47.4 Å². The number of rotatable bonds is 7. The molecule has 164 valence electrons. The SMILES string of the molecule is CC(=O)c1ccc2c(c1)N(CC(=O)NCCc1ccc(S(N)(=O)=O)cc1)C(=O)C(C)O2. The van der Waals surface area contributed by atoms with Crippen molar-refractivity contribution in [2.45, 2.75) is 31.3 Å². The van der Waals surface area contributed by atoms with Gasteiger partial charge in [-0.1, -0.05) is 12.1 Å². The van der Waals surface area contributed by atoms with E-state index in [4.69, 9.17) is 9.88 Å². The molecule has 0 aromatic heterocycles. The average Bonchev–Trinajstić information content (AvgIpc) is 2.70. The van der Waals surface area contributed by atoms with Gasteiger partial charge in [-0.3, -0.25) is 19.3 Å². The number of anilines is 1. The first kappa shape index (κ1) is 22.4.